The van der Waals surface area contributed by atoms with Gasteiger partial charge in [0.25, 0.3) is 5.91 Å². The molecule has 0 aliphatic rings. The first-order valence-electron chi connectivity index (χ1n) is 6.52. The zero-order valence-electron chi connectivity index (χ0n) is 11.9. The van der Waals surface area contributed by atoms with Crippen LogP contribution in [0.3, 0.4) is 0 Å². The van der Waals surface area contributed by atoms with E-state index in [0.717, 1.165) is 11.1 Å². The third-order valence-electron chi connectivity index (χ3n) is 3.21. The van der Waals surface area contributed by atoms with Crippen molar-refractivity contribution in [2.75, 3.05) is 5.43 Å². The third-order valence-corrected chi connectivity index (χ3v) is 3.52. The van der Waals surface area contributed by atoms with Crippen molar-refractivity contribution in [1.29, 1.82) is 0 Å². The number of nitrogen functional groups attached to an aromatic ring is 1. The van der Waals surface area contributed by atoms with E-state index >= 15 is 0 Å². The number of anilines is 1. The van der Waals surface area contributed by atoms with E-state index in [2.05, 4.69) is 15.7 Å². The number of rotatable bonds is 4. The quantitative estimate of drug-likeness (QED) is 0.599. The Kier molecular flexibility index (Phi) is 4.77. The lowest BCUT2D eigenvalue weighted by atomic mass is 10.0. The van der Waals surface area contributed by atoms with E-state index in [-0.39, 0.29) is 22.7 Å². The molecule has 0 aliphatic heterocycles. The van der Waals surface area contributed by atoms with Gasteiger partial charge in [0.2, 0.25) is 0 Å². The van der Waals surface area contributed by atoms with Crippen molar-refractivity contribution in [1.82, 2.24) is 10.3 Å². The molecule has 0 bridgehead atoms. The molecule has 1 unspecified atom stereocenters. The minimum Gasteiger partial charge on any atom is -0.344 e. The molecule has 110 valence electrons. The Hall–Kier alpha value is -2.11. The lowest BCUT2D eigenvalue weighted by Crippen LogP contribution is -2.28. The molecule has 0 spiro atoms. The molecule has 2 aromatic rings. The van der Waals surface area contributed by atoms with Gasteiger partial charge in [-0.3, -0.25) is 4.79 Å². The SMILES string of the molecule is Cc1ccccc1C(C)NC(=O)c1nc(NN)ccc1Cl. The number of hydrogen-bond donors (Lipinski definition) is 3. The van der Waals surface area contributed by atoms with Gasteiger partial charge in [-0.1, -0.05) is 35.9 Å². The van der Waals surface area contributed by atoms with Gasteiger partial charge in [-0.25, -0.2) is 10.8 Å². The number of halogens is 1. The second kappa shape index (κ2) is 6.56. The topological polar surface area (TPSA) is 80.0 Å². The van der Waals surface area contributed by atoms with Crippen molar-refractivity contribution >= 4 is 23.3 Å². The van der Waals surface area contributed by atoms with E-state index in [1.165, 1.54) is 0 Å². The van der Waals surface area contributed by atoms with Crippen molar-refractivity contribution in [2.45, 2.75) is 19.9 Å². The molecule has 6 heteroatoms. The zero-order valence-corrected chi connectivity index (χ0v) is 12.6. The van der Waals surface area contributed by atoms with Crippen molar-refractivity contribution in [3.8, 4) is 0 Å². The van der Waals surface area contributed by atoms with Gasteiger partial charge in [-0.2, -0.15) is 0 Å². The monoisotopic (exact) mass is 304 g/mol. The number of carbonyl (C=O) groups excluding carboxylic acids is 1. The van der Waals surface area contributed by atoms with Gasteiger partial charge in [0.05, 0.1) is 11.1 Å². The number of hydrazine groups is 1. The van der Waals surface area contributed by atoms with Gasteiger partial charge in [0.1, 0.15) is 11.5 Å². The highest BCUT2D eigenvalue weighted by Crippen LogP contribution is 2.20. The highest BCUT2D eigenvalue weighted by atomic mass is 35.5. The van der Waals surface area contributed by atoms with E-state index in [4.69, 9.17) is 17.4 Å². The first kappa shape index (κ1) is 15.3. The Labute approximate surface area is 128 Å². The van der Waals surface area contributed by atoms with Gasteiger partial charge in [-0.15, -0.1) is 0 Å². The maximum absolute atomic E-state index is 12.3. The molecule has 1 heterocycles. The number of nitrogens with zero attached hydrogens (tertiary/aromatic N) is 1. The lowest BCUT2D eigenvalue weighted by Gasteiger charge is -2.17. The summed E-state index contributed by atoms with van der Waals surface area (Å²) in [5.41, 5.74) is 4.70. The summed E-state index contributed by atoms with van der Waals surface area (Å²) in [5, 5.41) is 3.17. The standard InChI is InChI=1S/C15H17ClN4O/c1-9-5-3-4-6-11(9)10(2)18-15(21)14-12(16)7-8-13(19-14)20-17/h3-8,10H,17H2,1-2H3,(H,18,21)(H,19,20). The summed E-state index contributed by atoms with van der Waals surface area (Å²) in [4.78, 5) is 16.4. The minimum absolute atomic E-state index is 0.146. The van der Waals surface area contributed by atoms with Gasteiger partial charge in [0.15, 0.2) is 0 Å². The van der Waals surface area contributed by atoms with Crippen LogP contribution in [0.5, 0.6) is 0 Å². The van der Waals surface area contributed by atoms with Crippen LogP contribution in [0.1, 0.15) is 34.6 Å². The summed E-state index contributed by atoms with van der Waals surface area (Å²) in [5.74, 6) is 5.34. The Morgan fingerprint density at radius 1 is 1.29 bits per heavy atom. The van der Waals surface area contributed by atoms with E-state index < -0.39 is 0 Å². The number of nitrogens with one attached hydrogen (secondary N) is 2. The average Bonchev–Trinajstić information content (AvgIpc) is 2.48. The molecule has 4 N–H and O–H groups in total. The van der Waals surface area contributed by atoms with Crippen molar-refractivity contribution in [2.24, 2.45) is 5.84 Å². The number of pyridine rings is 1. The van der Waals surface area contributed by atoms with Gasteiger partial charge < -0.3 is 10.7 Å². The summed E-state index contributed by atoms with van der Waals surface area (Å²) in [7, 11) is 0. The van der Waals surface area contributed by atoms with Crippen LogP contribution in [0.4, 0.5) is 5.82 Å². The number of hydrogen-bond acceptors (Lipinski definition) is 4. The highest BCUT2D eigenvalue weighted by Gasteiger charge is 2.17. The number of benzene rings is 1. The molecular weight excluding hydrogens is 288 g/mol. The Morgan fingerprint density at radius 3 is 2.67 bits per heavy atom. The van der Waals surface area contributed by atoms with E-state index in [1.807, 2.05) is 38.1 Å². The highest BCUT2D eigenvalue weighted by molar-refractivity contribution is 6.33. The zero-order chi connectivity index (χ0) is 15.4. The fourth-order valence-corrected chi connectivity index (χ4v) is 2.29. The number of aryl methyl sites for hydroxylation is 1. The predicted molar refractivity (Wildman–Crippen MR) is 84.1 cm³/mol. The molecule has 5 nitrogen and oxygen atoms in total. The number of amides is 1. The predicted octanol–water partition coefficient (Wildman–Crippen LogP) is 2.82. The summed E-state index contributed by atoms with van der Waals surface area (Å²) in [6.07, 6.45) is 0. The van der Waals surface area contributed by atoms with E-state index in [1.54, 1.807) is 12.1 Å². The van der Waals surface area contributed by atoms with Crippen LogP contribution < -0.4 is 16.6 Å². The fourth-order valence-electron chi connectivity index (χ4n) is 2.10. The minimum atomic E-state index is -0.340. The molecule has 21 heavy (non-hydrogen) atoms. The molecule has 1 atom stereocenters. The van der Waals surface area contributed by atoms with Crippen LogP contribution in [0.25, 0.3) is 0 Å². The summed E-state index contributed by atoms with van der Waals surface area (Å²) in [6, 6.07) is 10.9. The third kappa shape index (κ3) is 3.51. The normalized spacial score (nSPS) is 11.8. The Bertz CT molecular complexity index is 660. The molecule has 2 rings (SSSR count). The first-order chi connectivity index (χ1) is 10.0. The first-order valence-corrected chi connectivity index (χ1v) is 6.90. The van der Waals surface area contributed by atoms with Crippen LogP contribution >= 0.6 is 11.6 Å². The van der Waals surface area contributed by atoms with Crippen LogP contribution in [-0.4, -0.2) is 10.9 Å². The van der Waals surface area contributed by atoms with Crippen molar-refractivity contribution < 1.29 is 4.79 Å². The van der Waals surface area contributed by atoms with E-state index in [0.29, 0.717) is 5.82 Å². The second-order valence-electron chi connectivity index (χ2n) is 4.72. The summed E-state index contributed by atoms with van der Waals surface area (Å²) < 4.78 is 0. The van der Waals surface area contributed by atoms with Crippen LogP contribution in [-0.2, 0) is 0 Å². The second-order valence-corrected chi connectivity index (χ2v) is 5.13. The van der Waals surface area contributed by atoms with Gasteiger partial charge >= 0.3 is 0 Å². The molecule has 1 aromatic heterocycles. The van der Waals surface area contributed by atoms with Crippen LogP contribution in [0.15, 0.2) is 36.4 Å². The fraction of sp³-hybridized carbons (Fsp3) is 0.200. The molecule has 0 fully saturated rings. The largest absolute Gasteiger partial charge is 0.344 e. The average molecular weight is 305 g/mol. The molecule has 1 aromatic carbocycles. The van der Waals surface area contributed by atoms with Gasteiger partial charge in [-0.05, 0) is 37.1 Å². The van der Waals surface area contributed by atoms with Crippen LogP contribution in [0, 0.1) is 6.92 Å². The Balaban J connectivity index is 2.20. The molecule has 0 saturated heterocycles. The van der Waals surface area contributed by atoms with E-state index in [9.17, 15) is 4.79 Å². The van der Waals surface area contributed by atoms with Gasteiger partial charge in [0, 0.05) is 0 Å². The molecular formula is C15H17ClN4O. The number of nitrogens with two attached hydrogens (primary N) is 1. The summed E-state index contributed by atoms with van der Waals surface area (Å²) in [6.45, 7) is 3.92. The van der Waals surface area contributed by atoms with Crippen LogP contribution in [0.2, 0.25) is 5.02 Å². The molecule has 1 amide bonds. The maximum atomic E-state index is 12.3. The Morgan fingerprint density at radius 2 is 2.00 bits per heavy atom. The summed E-state index contributed by atoms with van der Waals surface area (Å²) >= 11 is 6.02. The smallest absolute Gasteiger partial charge is 0.271 e. The maximum Gasteiger partial charge on any atom is 0.271 e. The number of carbonyl (C=O) groups is 1. The molecule has 0 aliphatic carbocycles. The molecule has 0 radical (unpaired) electrons. The van der Waals surface area contributed by atoms with Crippen molar-refractivity contribution in [3.63, 3.8) is 0 Å². The molecule has 0 saturated carbocycles. The lowest BCUT2D eigenvalue weighted by molar-refractivity contribution is 0.0935. The van der Waals surface area contributed by atoms with Crippen molar-refractivity contribution in [3.05, 3.63) is 58.2 Å². The number of aromatic nitrogens is 1.